The predicted molar refractivity (Wildman–Crippen MR) is 66.9 cm³/mol. The van der Waals surface area contributed by atoms with Gasteiger partial charge in [0, 0.05) is 12.6 Å². The number of rotatable bonds is 2. The number of aliphatic hydroxyl groups is 1. The van der Waals surface area contributed by atoms with Crippen LogP contribution in [0.4, 0.5) is 5.69 Å². The molecule has 0 bridgehead atoms. The number of carbonyl (C=O) groups is 1. The van der Waals surface area contributed by atoms with Crippen LogP contribution in [0.2, 0.25) is 0 Å². The molecule has 1 saturated heterocycles. The van der Waals surface area contributed by atoms with Crippen LogP contribution in [0.15, 0.2) is 18.5 Å². The van der Waals surface area contributed by atoms with Gasteiger partial charge in [0.15, 0.2) is 5.78 Å². The summed E-state index contributed by atoms with van der Waals surface area (Å²) in [6.45, 7) is 1.46. The molecule has 2 heterocycles. The molecule has 2 fully saturated rings. The molecule has 7 nitrogen and oxygen atoms in total. The highest BCUT2D eigenvalue weighted by molar-refractivity contribution is 5.90. The van der Waals surface area contributed by atoms with Crippen molar-refractivity contribution in [2.45, 2.75) is 43.5 Å². The zero-order chi connectivity index (χ0) is 14.5. The van der Waals surface area contributed by atoms with Crippen molar-refractivity contribution in [1.29, 1.82) is 0 Å². The van der Waals surface area contributed by atoms with Crippen LogP contribution in [0.5, 0.6) is 0 Å². The minimum Gasteiger partial charge on any atom is -0.379 e. The van der Waals surface area contributed by atoms with Gasteiger partial charge < -0.3 is 9.84 Å². The highest BCUT2D eigenvalue weighted by Gasteiger charge is 2.65. The highest BCUT2D eigenvalue weighted by Crippen LogP contribution is 2.55. The fourth-order valence-corrected chi connectivity index (χ4v) is 2.76. The van der Waals surface area contributed by atoms with Gasteiger partial charge in [0.25, 0.3) is 5.69 Å². The van der Waals surface area contributed by atoms with Crippen LogP contribution in [-0.4, -0.2) is 32.0 Å². The lowest BCUT2D eigenvalue weighted by Gasteiger charge is -2.40. The van der Waals surface area contributed by atoms with Gasteiger partial charge in [0.1, 0.15) is 17.4 Å². The Balaban J connectivity index is 1.98. The van der Waals surface area contributed by atoms with Crippen molar-refractivity contribution in [2.24, 2.45) is 0 Å². The van der Waals surface area contributed by atoms with E-state index in [9.17, 15) is 20.0 Å². The van der Waals surface area contributed by atoms with Gasteiger partial charge in [-0.15, -0.1) is 0 Å². The van der Waals surface area contributed by atoms with E-state index in [1.54, 1.807) is 0 Å². The van der Waals surface area contributed by atoms with E-state index in [1.165, 1.54) is 19.2 Å². The zero-order valence-electron chi connectivity index (χ0n) is 10.9. The average molecular weight is 278 g/mol. The molecule has 0 unspecified atom stereocenters. The van der Waals surface area contributed by atoms with Gasteiger partial charge in [-0.1, -0.05) is 0 Å². The molecule has 1 aromatic rings. The Morgan fingerprint density at radius 3 is 2.85 bits per heavy atom. The summed E-state index contributed by atoms with van der Waals surface area (Å²) in [5.74, 6) is -0.336. The predicted octanol–water partition coefficient (Wildman–Crippen LogP) is 1.30. The lowest BCUT2D eigenvalue weighted by atomic mass is 9.83. The molecule has 0 amide bonds. The molecule has 1 N–H and O–H groups in total. The maximum Gasteiger partial charge on any atom is 0.293 e. The standard InChI is InChI=1S/C13H14N2O5/c1-12(17)11(16)6-10(20-13(12)3-4-13)8-2-5-14-7-9(8)15(18)19/h2,5,7,10,17H,3-4,6H2,1H3/t10-,12+/m1/s1. The molecule has 0 radical (unpaired) electrons. The van der Waals surface area contributed by atoms with Gasteiger partial charge >= 0.3 is 0 Å². The number of carbonyl (C=O) groups excluding carboxylic acids is 1. The van der Waals surface area contributed by atoms with Crippen molar-refractivity contribution in [1.82, 2.24) is 4.98 Å². The van der Waals surface area contributed by atoms with Crippen molar-refractivity contribution < 1.29 is 19.6 Å². The first kappa shape index (κ1) is 13.1. The summed E-state index contributed by atoms with van der Waals surface area (Å²) in [4.78, 5) is 26.3. The normalized spacial score (nSPS) is 31.3. The Morgan fingerprint density at radius 2 is 2.25 bits per heavy atom. The third-order valence-electron chi connectivity index (χ3n) is 4.25. The van der Waals surface area contributed by atoms with Crippen LogP contribution in [0, 0.1) is 10.1 Å². The van der Waals surface area contributed by atoms with Gasteiger partial charge in [-0.25, -0.2) is 0 Å². The zero-order valence-corrected chi connectivity index (χ0v) is 10.9. The second-order valence-electron chi connectivity index (χ2n) is 5.49. The van der Waals surface area contributed by atoms with Crippen molar-refractivity contribution in [3.8, 4) is 0 Å². The van der Waals surface area contributed by atoms with Crippen LogP contribution >= 0.6 is 0 Å². The summed E-state index contributed by atoms with van der Waals surface area (Å²) in [6, 6.07) is 1.49. The quantitative estimate of drug-likeness (QED) is 0.646. The fourth-order valence-electron chi connectivity index (χ4n) is 2.76. The third kappa shape index (κ3) is 1.74. The van der Waals surface area contributed by atoms with E-state index in [0.29, 0.717) is 18.4 Å². The molecule has 7 heteroatoms. The minimum absolute atomic E-state index is 0.0698. The molecule has 1 aliphatic heterocycles. The molecule has 1 spiro atoms. The van der Waals surface area contributed by atoms with Crippen LogP contribution in [0.25, 0.3) is 0 Å². The number of nitro groups is 1. The number of pyridine rings is 1. The number of nitrogens with zero attached hydrogens (tertiary/aromatic N) is 2. The van der Waals surface area contributed by atoms with Crippen molar-refractivity contribution >= 4 is 11.5 Å². The first-order chi connectivity index (χ1) is 9.37. The van der Waals surface area contributed by atoms with E-state index in [0.717, 1.165) is 6.20 Å². The molecule has 3 rings (SSSR count). The van der Waals surface area contributed by atoms with E-state index >= 15 is 0 Å². The number of ether oxygens (including phenoxy) is 1. The fraction of sp³-hybridized carbons (Fsp3) is 0.538. The molecule has 1 saturated carbocycles. The van der Waals surface area contributed by atoms with Crippen LogP contribution in [0.1, 0.15) is 37.9 Å². The lowest BCUT2D eigenvalue weighted by molar-refractivity contribution is -0.386. The Bertz CT molecular complexity index is 594. The first-order valence-corrected chi connectivity index (χ1v) is 6.39. The average Bonchev–Trinajstić information content (AvgIpc) is 3.17. The number of ketones is 1. The van der Waals surface area contributed by atoms with Crippen molar-refractivity contribution in [3.05, 3.63) is 34.1 Å². The molecule has 2 atom stereocenters. The van der Waals surface area contributed by atoms with E-state index < -0.39 is 22.2 Å². The summed E-state index contributed by atoms with van der Waals surface area (Å²) in [5, 5.41) is 21.3. The minimum atomic E-state index is -1.51. The smallest absolute Gasteiger partial charge is 0.293 e. The van der Waals surface area contributed by atoms with Gasteiger partial charge in [-0.3, -0.25) is 19.9 Å². The number of hydrogen-bond acceptors (Lipinski definition) is 6. The number of aromatic nitrogens is 1. The second kappa shape index (κ2) is 4.07. The van der Waals surface area contributed by atoms with Crippen LogP contribution in [0.3, 0.4) is 0 Å². The second-order valence-corrected chi connectivity index (χ2v) is 5.49. The van der Waals surface area contributed by atoms with E-state index in [1.807, 2.05) is 0 Å². The summed E-state index contributed by atoms with van der Waals surface area (Å²) >= 11 is 0. The third-order valence-corrected chi connectivity index (χ3v) is 4.25. The number of hydrogen-bond donors (Lipinski definition) is 1. The summed E-state index contributed by atoms with van der Waals surface area (Å²) in [5.41, 5.74) is -2.22. The lowest BCUT2D eigenvalue weighted by Crippen LogP contribution is -2.54. The van der Waals surface area contributed by atoms with Gasteiger partial charge in [-0.2, -0.15) is 0 Å². The molecule has 20 heavy (non-hydrogen) atoms. The molecule has 1 aliphatic carbocycles. The molecule has 0 aromatic carbocycles. The van der Waals surface area contributed by atoms with Gasteiger partial charge in [0.2, 0.25) is 0 Å². The maximum absolute atomic E-state index is 12.1. The summed E-state index contributed by atoms with van der Waals surface area (Å²) in [6.07, 6.45) is 2.98. The van der Waals surface area contributed by atoms with Gasteiger partial charge in [0.05, 0.1) is 16.6 Å². The Labute approximate surface area is 114 Å². The van der Waals surface area contributed by atoms with E-state index in [2.05, 4.69) is 4.98 Å². The van der Waals surface area contributed by atoms with E-state index in [-0.39, 0.29) is 17.9 Å². The molecule has 106 valence electrons. The van der Waals surface area contributed by atoms with Crippen LogP contribution in [-0.2, 0) is 9.53 Å². The van der Waals surface area contributed by atoms with Crippen molar-refractivity contribution in [3.63, 3.8) is 0 Å². The molecule has 2 aliphatic rings. The number of Topliss-reactive ketones (excluding diaryl/α,β-unsaturated/α-hetero) is 1. The van der Waals surface area contributed by atoms with Crippen molar-refractivity contribution in [2.75, 3.05) is 0 Å². The first-order valence-electron chi connectivity index (χ1n) is 6.39. The SMILES string of the molecule is C[C@]1(O)C(=O)C[C@H](c2ccncc2[N+](=O)[O-])OC12CC2. The topological polar surface area (TPSA) is 103 Å². The van der Waals surface area contributed by atoms with E-state index in [4.69, 9.17) is 4.74 Å². The molecular weight excluding hydrogens is 264 g/mol. The highest BCUT2D eigenvalue weighted by atomic mass is 16.6. The summed E-state index contributed by atoms with van der Waals surface area (Å²) in [7, 11) is 0. The van der Waals surface area contributed by atoms with Gasteiger partial charge in [-0.05, 0) is 25.8 Å². The maximum atomic E-state index is 12.1. The largest absolute Gasteiger partial charge is 0.379 e. The Hall–Kier alpha value is -1.86. The van der Waals surface area contributed by atoms with Crippen LogP contribution < -0.4 is 0 Å². The molecule has 1 aromatic heterocycles. The molecular formula is C13H14N2O5. The monoisotopic (exact) mass is 278 g/mol. The summed E-state index contributed by atoms with van der Waals surface area (Å²) < 4.78 is 5.84. The Kier molecular flexibility index (Phi) is 2.67. The Morgan fingerprint density at radius 1 is 1.55 bits per heavy atom.